The maximum absolute atomic E-state index is 13.4. The monoisotopic (exact) mass is 534 g/mol. The van der Waals surface area contributed by atoms with E-state index in [1.165, 1.54) is 0 Å². The highest BCUT2D eigenvalue weighted by Gasteiger charge is 2.33. The molecule has 39 heavy (non-hydrogen) atoms. The number of benzene rings is 2. The molecule has 0 aliphatic rings. The Bertz CT molecular complexity index is 1490. The summed E-state index contributed by atoms with van der Waals surface area (Å²) in [7, 11) is 4.83. The van der Waals surface area contributed by atoms with E-state index in [9.17, 15) is 4.79 Å². The van der Waals surface area contributed by atoms with E-state index < -0.39 is 0 Å². The number of nitrogens with one attached hydrogen (secondary N) is 1. The normalized spacial score (nSPS) is 12.8. The van der Waals surface area contributed by atoms with Gasteiger partial charge in [0.15, 0.2) is 17.3 Å². The standard InChI is InChI=1S/C29H38N6O4/c1-18(2)26(27-31-32-33-35(27)29(3,4)5)34(16-19-11-9-10-12-23(19)37-6)17-21-13-20-14-24(38-7)25(39-8)15-22(20)30-28(21)36/h9-15,18,26H,16-17H2,1-8H3,(H,30,36)/t26-/m1/s1. The number of tetrazole rings is 1. The van der Waals surface area contributed by atoms with Crippen LogP contribution >= 0.6 is 0 Å². The first kappa shape index (κ1) is 28.1. The lowest BCUT2D eigenvalue weighted by Crippen LogP contribution is -2.37. The molecule has 0 spiro atoms. The van der Waals surface area contributed by atoms with Crippen LogP contribution in [0.2, 0.25) is 0 Å². The number of aromatic amines is 1. The maximum atomic E-state index is 13.4. The lowest BCUT2D eigenvalue weighted by Gasteiger charge is -2.35. The van der Waals surface area contributed by atoms with Gasteiger partial charge in [0.1, 0.15) is 5.75 Å². The van der Waals surface area contributed by atoms with Crippen molar-refractivity contribution in [3.8, 4) is 17.2 Å². The second kappa shape index (κ2) is 11.4. The summed E-state index contributed by atoms with van der Waals surface area (Å²) in [6.07, 6.45) is 0. The van der Waals surface area contributed by atoms with Crippen LogP contribution in [0.3, 0.4) is 0 Å². The summed E-state index contributed by atoms with van der Waals surface area (Å²) in [6, 6.07) is 13.3. The molecule has 0 radical (unpaired) electrons. The van der Waals surface area contributed by atoms with Crippen molar-refractivity contribution in [1.82, 2.24) is 30.1 Å². The van der Waals surface area contributed by atoms with E-state index in [0.717, 1.165) is 22.5 Å². The Morgan fingerprint density at radius 1 is 0.923 bits per heavy atom. The lowest BCUT2D eigenvalue weighted by molar-refractivity contribution is 0.118. The molecule has 2 aromatic heterocycles. The fraction of sp³-hybridized carbons (Fsp3) is 0.448. The first-order chi connectivity index (χ1) is 18.6. The fourth-order valence-corrected chi connectivity index (χ4v) is 4.96. The van der Waals surface area contributed by atoms with Gasteiger partial charge in [-0.3, -0.25) is 9.69 Å². The van der Waals surface area contributed by atoms with Crippen molar-refractivity contribution in [3.05, 3.63) is 69.8 Å². The minimum Gasteiger partial charge on any atom is -0.496 e. The highest BCUT2D eigenvalue weighted by Crippen LogP contribution is 2.35. The van der Waals surface area contributed by atoms with E-state index in [2.05, 4.69) is 60.0 Å². The van der Waals surface area contributed by atoms with Crippen LogP contribution in [0.15, 0.2) is 47.3 Å². The van der Waals surface area contributed by atoms with Gasteiger partial charge in [-0.1, -0.05) is 32.0 Å². The molecule has 10 heteroatoms. The van der Waals surface area contributed by atoms with E-state index in [0.29, 0.717) is 35.7 Å². The summed E-state index contributed by atoms with van der Waals surface area (Å²) >= 11 is 0. The SMILES string of the molecule is COc1ccccc1CN(Cc1cc2cc(OC)c(OC)cc2[nH]c1=O)[C@@H](c1nnnn1C(C)(C)C)C(C)C. The maximum Gasteiger partial charge on any atom is 0.252 e. The van der Waals surface area contributed by atoms with Gasteiger partial charge in [-0.2, -0.15) is 0 Å². The highest BCUT2D eigenvalue weighted by atomic mass is 16.5. The molecule has 0 aliphatic heterocycles. The summed E-state index contributed by atoms with van der Waals surface area (Å²) in [5, 5.41) is 13.7. The van der Waals surface area contributed by atoms with Crippen LogP contribution in [0.5, 0.6) is 17.2 Å². The number of methoxy groups -OCH3 is 3. The Morgan fingerprint density at radius 2 is 1.56 bits per heavy atom. The zero-order valence-corrected chi connectivity index (χ0v) is 24.0. The molecule has 0 unspecified atom stereocenters. The van der Waals surface area contributed by atoms with Gasteiger partial charge in [0.25, 0.3) is 5.56 Å². The topological polar surface area (TPSA) is 107 Å². The number of H-pyrrole nitrogens is 1. The lowest BCUT2D eigenvalue weighted by atomic mass is 9.98. The zero-order valence-electron chi connectivity index (χ0n) is 24.0. The molecule has 4 aromatic rings. The molecule has 0 bridgehead atoms. The van der Waals surface area contributed by atoms with Gasteiger partial charge in [0, 0.05) is 35.7 Å². The van der Waals surface area contributed by atoms with Gasteiger partial charge in [0.05, 0.1) is 38.4 Å². The molecule has 0 saturated heterocycles. The highest BCUT2D eigenvalue weighted by molar-refractivity contribution is 5.83. The molecule has 0 fully saturated rings. The Morgan fingerprint density at radius 3 is 2.21 bits per heavy atom. The average molecular weight is 535 g/mol. The van der Waals surface area contributed by atoms with E-state index in [-0.39, 0.29) is 23.1 Å². The summed E-state index contributed by atoms with van der Waals surface area (Å²) in [4.78, 5) is 18.6. The van der Waals surface area contributed by atoms with E-state index in [4.69, 9.17) is 14.2 Å². The molecule has 2 heterocycles. The predicted molar refractivity (Wildman–Crippen MR) is 150 cm³/mol. The summed E-state index contributed by atoms with van der Waals surface area (Å²) in [5.41, 5.74) is 1.81. The van der Waals surface area contributed by atoms with Crippen molar-refractivity contribution in [3.63, 3.8) is 0 Å². The van der Waals surface area contributed by atoms with Crippen molar-refractivity contribution in [2.45, 2.75) is 59.3 Å². The van der Waals surface area contributed by atoms with E-state index in [1.807, 2.05) is 41.1 Å². The number of ether oxygens (including phenoxy) is 3. The van der Waals surface area contributed by atoms with Gasteiger partial charge >= 0.3 is 0 Å². The molecule has 0 amide bonds. The number of aromatic nitrogens is 5. The zero-order chi connectivity index (χ0) is 28.3. The number of para-hydroxylation sites is 1. The third-order valence-electron chi connectivity index (χ3n) is 6.78. The van der Waals surface area contributed by atoms with Gasteiger partial charge in [-0.15, -0.1) is 5.10 Å². The van der Waals surface area contributed by atoms with Crippen LogP contribution in [-0.2, 0) is 18.6 Å². The molecule has 10 nitrogen and oxygen atoms in total. The van der Waals surface area contributed by atoms with Gasteiger partial charge in [-0.05, 0) is 55.3 Å². The largest absolute Gasteiger partial charge is 0.496 e. The van der Waals surface area contributed by atoms with E-state index in [1.54, 1.807) is 27.4 Å². The number of fused-ring (bicyclic) bond motifs is 1. The Hall–Kier alpha value is -3.92. The molecular weight excluding hydrogens is 496 g/mol. The first-order valence-electron chi connectivity index (χ1n) is 13.0. The fourth-order valence-electron chi connectivity index (χ4n) is 4.96. The molecular formula is C29H38N6O4. The van der Waals surface area contributed by atoms with Crippen molar-refractivity contribution >= 4 is 10.9 Å². The quantitative estimate of drug-likeness (QED) is 0.312. The second-order valence-corrected chi connectivity index (χ2v) is 10.9. The molecule has 1 N–H and O–H groups in total. The Labute approximate surface area is 228 Å². The summed E-state index contributed by atoms with van der Waals surface area (Å²) in [5.74, 6) is 2.81. The molecule has 0 aliphatic carbocycles. The molecule has 0 saturated carbocycles. The molecule has 1 atom stereocenters. The second-order valence-electron chi connectivity index (χ2n) is 10.9. The minimum atomic E-state index is -0.321. The van der Waals surface area contributed by atoms with Crippen LogP contribution in [0.1, 0.15) is 57.6 Å². The average Bonchev–Trinajstić information content (AvgIpc) is 3.38. The van der Waals surface area contributed by atoms with Crippen molar-refractivity contribution in [2.75, 3.05) is 21.3 Å². The number of pyridine rings is 1. The van der Waals surface area contributed by atoms with Gasteiger partial charge in [-0.25, -0.2) is 4.68 Å². The van der Waals surface area contributed by atoms with Crippen LogP contribution in [0.4, 0.5) is 0 Å². The van der Waals surface area contributed by atoms with Crippen LogP contribution in [-0.4, -0.2) is 51.4 Å². The predicted octanol–water partition coefficient (Wildman–Crippen LogP) is 4.69. The van der Waals surface area contributed by atoms with Gasteiger partial charge < -0.3 is 19.2 Å². The van der Waals surface area contributed by atoms with Crippen LogP contribution in [0.25, 0.3) is 10.9 Å². The Balaban J connectivity index is 1.85. The van der Waals surface area contributed by atoms with Crippen molar-refractivity contribution in [1.29, 1.82) is 0 Å². The number of rotatable bonds is 10. The summed E-state index contributed by atoms with van der Waals surface area (Å²) in [6.45, 7) is 11.4. The molecule has 2 aromatic carbocycles. The number of hydrogen-bond donors (Lipinski definition) is 1. The van der Waals surface area contributed by atoms with Crippen LogP contribution in [0, 0.1) is 5.92 Å². The van der Waals surface area contributed by atoms with Crippen LogP contribution < -0.4 is 19.8 Å². The minimum absolute atomic E-state index is 0.135. The smallest absolute Gasteiger partial charge is 0.252 e. The van der Waals surface area contributed by atoms with Crippen molar-refractivity contribution < 1.29 is 14.2 Å². The number of hydrogen-bond acceptors (Lipinski definition) is 8. The summed E-state index contributed by atoms with van der Waals surface area (Å²) < 4.78 is 18.5. The first-order valence-corrected chi connectivity index (χ1v) is 13.0. The third-order valence-corrected chi connectivity index (χ3v) is 6.78. The number of nitrogens with zero attached hydrogens (tertiary/aromatic N) is 5. The van der Waals surface area contributed by atoms with Crippen molar-refractivity contribution in [2.24, 2.45) is 5.92 Å². The molecule has 208 valence electrons. The Kier molecular flexibility index (Phi) is 8.25. The van der Waals surface area contributed by atoms with E-state index >= 15 is 0 Å². The third kappa shape index (κ3) is 5.90. The van der Waals surface area contributed by atoms with Gasteiger partial charge in [0.2, 0.25) is 0 Å². The molecule has 4 rings (SSSR count).